The van der Waals surface area contributed by atoms with Crippen LogP contribution < -0.4 is 10.3 Å². The molecule has 2 aromatic carbocycles. The average Bonchev–Trinajstić information content (AvgIpc) is 3.19. The summed E-state index contributed by atoms with van der Waals surface area (Å²) in [6.07, 6.45) is 2.16. The fraction of sp³-hybridized carbons (Fsp3) is 0.308. The number of likely N-dealkylation sites (tertiary alicyclic amines) is 1. The number of carbonyl (C=O) groups excluding carboxylic acids is 1. The number of Topliss-reactive ketones (excluding diaryl/α,β-unsaturated/α-hetero) is 1. The molecule has 0 unspecified atom stereocenters. The van der Waals surface area contributed by atoms with Gasteiger partial charge in [-0.05, 0) is 36.1 Å². The summed E-state index contributed by atoms with van der Waals surface area (Å²) in [5, 5.41) is 9.69. The van der Waals surface area contributed by atoms with Crippen LogP contribution in [0.5, 0.6) is 5.75 Å². The minimum absolute atomic E-state index is 0.0176. The molecule has 1 aromatic heterocycles. The molecule has 3 aromatic rings. The number of hydrogen-bond donors (Lipinski definition) is 1. The number of rotatable bonds is 8. The highest BCUT2D eigenvalue weighted by Gasteiger charge is 2.20. The molecule has 6 heteroatoms. The van der Waals surface area contributed by atoms with Crippen LogP contribution in [0.3, 0.4) is 0 Å². The molecule has 2 heterocycles. The van der Waals surface area contributed by atoms with E-state index < -0.39 is 0 Å². The number of hydrogen-bond acceptors (Lipinski definition) is 5. The number of benzene rings is 2. The maximum atomic E-state index is 12.8. The number of aliphatic hydroxyl groups excluding tert-OH is 1. The molecule has 1 saturated heterocycles. The lowest BCUT2D eigenvalue weighted by molar-refractivity contribution is 0.0970. The Labute approximate surface area is 187 Å². The summed E-state index contributed by atoms with van der Waals surface area (Å²) >= 11 is 0. The standard InChI is InChI=1S/C26H28N2O4/c1-19-13-21(15-27-11-9-22(29)16-27)7-8-24(19)25(30)17-28-12-10-23(14-26(28)31)32-18-20-5-3-2-4-6-20/h2-8,10,12-14,22,29H,9,11,15-18H2,1H3/t22-/m1/s1. The van der Waals surface area contributed by atoms with Crippen LogP contribution in [0.4, 0.5) is 0 Å². The lowest BCUT2D eigenvalue weighted by atomic mass is 10.0. The zero-order valence-electron chi connectivity index (χ0n) is 18.2. The highest BCUT2D eigenvalue weighted by molar-refractivity contribution is 5.97. The summed E-state index contributed by atoms with van der Waals surface area (Å²) in [6.45, 7) is 4.61. The van der Waals surface area contributed by atoms with Gasteiger partial charge in [-0.1, -0.05) is 48.5 Å². The summed E-state index contributed by atoms with van der Waals surface area (Å²) in [6, 6.07) is 18.7. The van der Waals surface area contributed by atoms with Crippen molar-refractivity contribution >= 4 is 5.78 Å². The van der Waals surface area contributed by atoms with Crippen LogP contribution in [0.2, 0.25) is 0 Å². The molecule has 0 saturated carbocycles. The Hall–Kier alpha value is -3.22. The zero-order valence-corrected chi connectivity index (χ0v) is 18.2. The normalized spacial score (nSPS) is 16.2. The number of nitrogens with zero attached hydrogens (tertiary/aromatic N) is 2. The predicted octanol–water partition coefficient (Wildman–Crippen LogP) is 3.19. The minimum atomic E-state index is -0.272. The van der Waals surface area contributed by atoms with E-state index in [4.69, 9.17) is 4.74 Å². The van der Waals surface area contributed by atoms with Gasteiger partial charge in [-0.25, -0.2) is 0 Å². The zero-order chi connectivity index (χ0) is 22.5. The summed E-state index contributed by atoms with van der Waals surface area (Å²) in [4.78, 5) is 27.5. The Morgan fingerprint density at radius 3 is 2.59 bits per heavy atom. The molecule has 0 spiro atoms. The van der Waals surface area contributed by atoms with Crippen LogP contribution in [0.15, 0.2) is 71.7 Å². The van der Waals surface area contributed by atoms with Crippen molar-refractivity contribution in [2.45, 2.75) is 39.1 Å². The lowest BCUT2D eigenvalue weighted by Crippen LogP contribution is -2.24. The molecular weight excluding hydrogens is 404 g/mol. The Morgan fingerprint density at radius 2 is 1.91 bits per heavy atom. The van der Waals surface area contributed by atoms with Gasteiger partial charge < -0.3 is 14.4 Å². The van der Waals surface area contributed by atoms with E-state index in [9.17, 15) is 14.7 Å². The molecular formula is C26H28N2O4. The number of aliphatic hydroxyl groups is 1. The van der Waals surface area contributed by atoms with Crippen molar-refractivity contribution in [2.24, 2.45) is 0 Å². The van der Waals surface area contributed by atoms with E-state index in [0.29, 0.717) is 24.5 Å². The summed E-state index contributed by atoms with van der Waals surface area (Å²) in [5.41, 5.74) is 3.37. The molecule has 166 valence electrons. The maximum absolute atomic E-state index is 12.8. The number of ketones is 1. The van der Waals surface area contributed by atoms with Crippen molar-refractivity contribution in [3.63, 3.8) is 0 Å². The van der Waals surface area contributed by atoms with Crippen molar-refractivity contribution in [2.75, 3.05) is 13.1 Å². The Kier molecular flexibility index (Phi) is 6.83. The highest BCUT2D eigenvalue weighted by Crippen LogP contribution is 2.18. The van der Waals surface area contributed by atoms with Gasteiger partial charge in [-0.2, -0.15) is 0 Å². The molecule has 6 nitrogen and oxygen atoms in total. The van der Waals surface area contributed by atoms with Gasteiger partial charge in [0, 0.05) is 37.5 Å². The fourth-order valence-electron chi connectivity index (χ4n) is 4.04. The molecule has 0 bridgehead atoms. The molecule has 0 radical (unpaired) electrons. The first-order valence-electron chi connectivity index (χ1n) is 10.9. The number of ether oxygens (including phenoxy) is 1. The number of aryl methyl sites for hydroxylation is 1. The van der Waals surface area contributed by atoms with E-state index in [0.717, 1.165) is 36.2 Å². The Bertz CT molecular complexity index is 1140. The summed E-state index contributed by atoms with van der Waals surface area (Å²) in [7, 11) is 0. The Balaban J connectivity index is 1.38. The van der Waals surface area contributed by atoms with Crippen molar-refractivity contribution in [3.8, 4) is 5.75 Å². The van der Waals surface area contributed by atoms with Gasteiger partial charge in [-0.15, -0.1) is 0 Å². The number of β-amino-alcohol motifs (C(OH)–C–C–N with tert-alkyl or cyclic N) is 1. The van der Waals surface area contributed by atoms with E-state index >= 15 is 0 Å². The first-order chi connectivity index (χ1) is 15.5. The van der Waals surface area contributed by atoms with Crippen molar-refractivity contribution < 1.29 is 14.6 Å². The van der Waals surface area contributed by atoms with Crippen LogP contribution in [-0.2, 0) is 19.7 Å². The predicted molar refractivity (Wildman–Crippen MR) is 123 cm³/mol. The van der Waals surface area contributed by atoms with Crippen LogP contribution in [0, 0.1) is 6.92 Å². The number of pyridine rings is 1. The maximum Gasteiger partial charge on any atom is 0.254 e. The lowest BCUT2D eigenvalue weighted by Gasteiger charge is -2.16. The molecule has 1 aliphatic heterocycles. The third kappa shape index (κ3) is 5.52. The molecule has 1 atom stereocenters. The van der Waals surface area contributed by atoms with Crippen molar-refractivity contribution in [1.82, 2.24) is 9.47 Å². The van der Waals surface area contributed by atoms with Crippen LogP contribution in [0.1, 0.15) is 33.5 Å². The van der Waals surface area contributed by atoms with E-state index in [1.807, 2.05) is 55.5 Å². The second kappa shape index (κ2) is 9.94. The van der Waals surface area contributed by atoms with Gasteiger partial charge in [0.2, 0.25) is 0 Å². The van der Waals surface area contributed by atoms with Crippen LogP contribution in [0.25, 0.3) is 0 Å². The first kappa shape index (κ1) is 22.0. The third-order valence-corrected chi connectivity index (χ3v) is 5.77. The SMILES string of the molecule is Cc1cc(CN2CC[C@@H](O)C2)ccc1C(=O)Cn1ccc(OCc2ccccc2)cc1=O. The molecule has 0 amide bonds. The van der Waals surface area contributed by atoms with Crippen LogP contribution >= 0.6 is 0 Å². The molecule has 0 aliphatic carbocycles. The number of carbonyl (C=O) groups is 1. The molecule has 32 heavy (non-hydrogen) atoms. The van der Waals surface area contributed by atoms with Gasteiger partial charge in [0.25, 0.3) is 5.56 Å². The second-order valence-electron chi connectivity index (χ2n) is 8.35. The summed E-state index contributed by atoms with van der Waals surface area (Å²) < 4.78 is 7.09. The molecule has 1 aliphatic rings. The number of aromatic nitrogens is 1. The topological polar surface area (TPSA) is 71.8 Å². The molecule has 1 N–H and O–H groups in total. The Morgan fingerprint density at radius 1 is 1.09 bits per heavy atom. The highest BCUT2D eigenvalue weighted by atomic mass is 16.5. The van der Waals surface area contributed by atoms with Gasteiger partial charge in [0.1, 0.15) is 12.4 Å². The largest absolute Gasteiger partial charge is 0.489 e. The minimum Gasteiger partial charge on any atom is -0.489 e. The van der Waals surface area contributed by atoms with Gasteiger partial charge >= 0.3 is 0 Å². The van der Waals surface area contributed by atoms with Gasteiger partial charge in [0.05, 0.1) is 12.6 Å². The molecule has 4 rings (SSSR count). The smallest absolute Gasteiger partial charge is 0.254 e. The fourth-order valence-corrected chi connectivity index (χ4v) is 4.04. The monoisotopic (exact) mass is 432 g/mol. The quantitative estimate of drug-likeness (QED) is 0.554. The van der Waals surface area contributed by atoms with Crippen LogP contribution in [-0.4, -0.2) is 39.6 Å². The average molecular weight is 433 g/mol. The van der Waals surface area contributed by atoms with Gasteiger partial charge in [-0.3, -0.25) is 14.5 Å². The van der Waals surface area contributed by atoms with E-state index in [1.165, 1.54) is 10.6 Å². The first-order valence-corrected chi connectivity index (χ1v) is 10.9. The van der Waals surface area contributed by atoms with E-state index in [2.05, 4.69) is 4.90 Å². The molecule has 1 fully saturated rings. The summed E-state index contributed by atoms with van der Waals surface area (Å²) in [5.74, 6) is 0.376. The van der Waals surface area contributed by atoms with Crippen molar-refractivity contribution in [1.29, 1.82) is 0 Å². The van der Waals surface area contributed by atoms with Gasteiger partial charge in [0.15, 0.2) is 5.78 Å². The third-order valence-electron chi connectivity index (χ3n) is 5.77. The van der Waals surface area contributed by atoms with E-state index in [1.54, 1.807) is 12.3 Å². The van der Waals surface area contributed by atoms with E-state index in [-0.39, 0.29) is 24.0 Å². The van der Waals surface area contributed by atoms with Crippen molar-refractivity contribution in [3.05, 3.63) is 99.5 Å². The second-order valence-corrected chi connectivity index (χ2v) is 8.35.